The smallest absolute Gasteiger partial charge is 0.229 e. The molecule has 1 saturated heterocycles. The molecular weight excluding hydrogens is 322 g/mol. The van der Waals surface area contributed by atoms with Crippen molar-refractivity contribution in [2.45, 2.75) is 44.6 Å². The predicted molar refractivity (Wildman–Crippen MR) is 87.2 cm³/mol. The number of sulfonamides is 1. The Morgan fingerprint density at radius 1 is 1.23 bits per heavy atom. The van der Waals surface area contributed by atoms with E-state index in [1.807, 2.05) is 20.8 Å². The van der Waals surface area contributed by atoms with Crippen LogP contribution in [0.25, 0.3) is 0 Å². The second-order valence-corrected chi connectivity index (χ2v) is 10.0. The number of sulfone groups is 1. The zero-order valence-electron chi connectivity index (χ0n) is 13.2. The zero-order valence-corrected chi connectivity index (χ0v) is 14.9. The molecule has 1 heterocycles. The number of nitrogens with zero attached hydrogens (tertiary/aromatic N) is 1. The molecule has 1 aliphatic rings. The molecule has 0 spiro atoms. The molecule has 5 nitrogen and oxygen atoms in total. The van der Waals surface area contributed by atoms with Crippen LogP contribution in [0, 0.1) is 13.8 Å². The fraction of sp³-hybridized carbons (Fsp3) is 0.600. The normalized spacial score (nSPS) is 21.4. The van der Waals surface area contributed by atoms with Crippen LogP contribution >= 0.6 is 0 Å². The lowest BCUT2D eigenvalue weighted by atomic mass is 10.1. The molecule has 1 aromatic carbocycles. The average Bonchev–Trinajstić information content (AvgIpc) is 2.78. The van der Waals surface area contributed by atoms with Crippen LogP contribution in [0.5, 0.6) is 0 Å². The maximum atomic E-state index is 12.9. The second-order valence-electron chi connectivity index (χ2n) is 5.92. The highest BCUT2D eigenvalue weighted by molar-refractivity contribution is 7.92. The van der Waals surface area contributed by atoms with Gasteiger partial charge in [-0.25, -0.2) is 16.8 Å². The summed E-state index contributed by atoms with van der Waals surface area (Å²) in [5.74, 6) is -0.00258. The van der Waals surface area contributed by atoms with Crippen molar-refractivity contribution < 1.29 is 16.8 Å². The highest BCUT2D eigenvalue weighted by Crippen LogP contribution is 2.26. The third-order valence-electron chi connectivity index (χ3n) is 4.14. The largest absolute Gasteiger partial charge is 0.243 e. The molecule has 1 fully saturated rings. The van der Waals surface area contributed by atoms with E-state index < -0.39 is 25.9 Å². The fourth-order valence-corrected chi connectivity index (χ4v) is 6.39. The minimum atomic E-state index is -3.67. The van der Waals surface area contributed by atoms with Gasteiger partial charge in [-0.1, -0.05) is 13.0 Å². The van der Waals surface area contributed by atoms with Gasteiger partial charge in [0.2, 0.25) is 10.0 Å². The van der Waals surface area contributed by atoms with Crippen LogP contribution < -0.4 is 0 Å². The maximum absolute atomic E-state index is 12.9. The van der Waals surface area contributed by atoms with Gasteiger partial charge >= 0.3 is 0 Å². The van der Waals surface area contributed by atoms with Gasteiger partial charge in [-0.3, -0.25) is 0 Å². The van der Waals surface area contributed by atoms with Crippen molar-refractivity contribution in [3.63, 3.8) is 0 Å². The van der Waals surface area contributed by atoms with E-state index in [1.54, 1.807) is 18.2 Å². The fourth-order valence-electron chi connectivity index (χ4n) is 2.73. The zero-order chi connectivity index (χ0) is 16.5. The van der Waals surface area contributed by atoms with E-state index in [9.17, 15) is 16.8 Å². The molecule has 7 heteroatoms. The summed E-state index contributed by atoms with van der Waals surface area (Å²) in [5, 5.41) is 0. The first-order valence-corrected chi connectivity index (χ1v) is 10.7. The van der Waals surface area contributed by atoms with E-state index in [4.69, 9.17) is 0 Å². The van der Waals surface area contributed by atoms with E-state index in [-0.39, 0.29) is 16.4 Å². The van der Waals surface area contributed by atoms with Crippen molar-refractivity contribution in [1.29, 1.82) is 0 Å². The van der Waals surface area contributed by atoms with E-state index in [0.29, 0.717) is 19.4 Å². The van der Waals surface area contributed by atoms with E-state index in [0.717, 1.165) is 11.1 Å². The summed E-state index contributed by atoms with van der Waals surface area (Å²) in [5.41, 5.74) is 1.95. The highest BCUT2D eigenvalue weighted by Gasteiger charge is 2.38. The number of hydrogen-bond acceptors (Lipinski definition) is 4. The van der Waals surface area contributed by atoms with Crippen molar-refractivity contribution in [3.8, 4) is 0 Å². The Morgan fingerprint density at radius 3 is 2.41 bits per heavy atom. The van der Waals surface area contributed by atoms with Crippen LogP contribution in [0.3, 0.4) is 0 Å². The lowest BCUT2D eigenvalue weighted by molar-refractivity contribution is 0.340. The Hall–Kier alpha value is -0.920. The van der Waals surface area contributed by atoms with Gasteiger partial charge in [0.05, 0.1) is 16.4 Å². The van der Waals surface area contributed by atoms with Gasteiger partial charge in [-0.15, -0.1) is 0 Å². The van der Waals surface area contributed by atoms with Crippen molar-refractivity contribution in [2.75, 3.05) is 18.1 Å². The molecule has 1 aliphatic heterocycles. The SMILES string of the molecule is CCCN([C@@H]1CCS(=O)(=O)C1)S(=O)(=O)c1ccc(C)c(C)c1. The third kappa shape index (κ3) is 3.52. The Morgan fingerprint density at radius 2 is 1.91 bits per heavy atom. The molecule has 1 atom stereocenters. The Labute approximate surface area is 133 Å². The Balaban J connectivity index is 2.40. The minimum absolute atomic E-state index is 0.0698. The van der Waals surface area contributed by atoms with Crippen LogP contribution in [0.2, 0.25) is 0 Å². The summed E-state index contributed by atoms with van der Waals surface area (Å²) in [6.45, 7) is 6.04. The molecule has 0 radical (unpaired) electrons. The van der Waals surface area contributed by atoms with Crippen LogP contribution in [0.1, 0.15) is 30.9 Å². The number of rotatable bonds is 5. The maximum Gasteiger partial charge on any atom is 0.243 e. The molecule has 124 valence electrons. The van der Waals surface area contributed by atoms with Gasteiger partial charge in [-0.05, 0) is 49.9 Å². The molecule has 0 bridgehead atoms. The molecule has 0 unspecified atom stereocenters. The predicted octanol–water partition coefficient (Wildman–Crippen LogP) is 1.89. The van der Waals surface area contributed by atoms with Crippen molar-refractivity contribution in [2.24, 2.45) is 0 Å². The molecule has 2 rings (SSSR count). The summed E-state index contributed by atoms with van der Waals surface area (Å²) < 4.78 is 50.6. The third-order valence-corrected chi connectivity index (χ3v) is 7.84. The summed E-state index contributed by atoms with van der Waals surface area (Å²) in [7, 11) is -6.79. The van der Waals surface area contributed by atoms with Gasteiger partial charge in [-0.2, -0.15) is 4.31 Å². The van der Waals surface area contributed by atoms with Crippen LogP contribution in [-0.4, -0.2) is 45.2 Å². The van der Waals surface area contributed by atoms with Gasteiger partial charge in [0.1, 0.15) is 0 Å². The number of benzene rings is 1. The first-order valence-electron chi connectivity index (χ1n) is 7.47. The first-order chi connectivity index (χ1) is 10.2. The Kier molecular flexibility index (Phi) is 4.99. The monoisotopic (exact) mass is 345 g/mol. The van der Waals surface area contributed by atoms with Gasteiger partial charge in [0.15, 0.2) is 9.84 Å². The van der Waals surface area contributed by atoms with Crippen molar-refractivity contribution in [3.05, 3.63) is 29.3 Å². The van der Waals surface area contributed by atoms with Crippen molar-refractivity contribution in [1.82, 2.24) is 4.31 Å². The molecule has 0 aromatic heterocycles. The van der Waals surface area contributed by atoms with Crippen LogP contribution in [0.15, 0.2) is 23.1 Å². The molecule has 0 N–H and O–H groups in total. The summed E-state index contributed by atoms with van der Waals surface area (Å²) in [4.78, 5) is 0.244. The molecule has 22 heavy (non-hydrogen) atoms. The van der Waals surface area contributed by atoms with Gasteiger partial charge < -0.3 is 0 Å². The second kappa shape index (κ2) is 6.29. The standard InChI is InChI=1S/C15H23NO4S2/c1-4-8-16(14-7-9-21(17,18)11-14)22(19,20)15-6-5-12(2)13(3)10-15/h5-6,10,14H,4,7-9,11H2,1-3H3/t14-/m1/s1. The van der Waals surface area contributed by atoms with Crippen LogP contribution in [0.4, 0.5) is 0 Å². The highest BCUT2D eigenvalue weighted by atomic mass is 32.2. The topological polar surface area (TPSA) is 71.5 Å². The molecule has 1 aromatic rings. The van der Waals surface area contributed by atoms with Crippen molar-refractivity contribution >= 4 is 19.9 Å². The number of hydrogen-bond donors (Lipinski definition) is 0. The molecule has 0 saturated carbocycles. The molecule has 0 amide bonds. The molecule has 0 aliphatic carbocycles. The Bertz CT molecular complexity index is 754. The van der Waals surface area contributed by atoms with E-state index in [2.05, 4.69) is 0 Å². The lowest BCUT2D eigenvalue weighted by Crippen LogP contribution is -2.41. The number of aryl methyl sites for hydroxylation is 2. The summed E-state index contributed by atoms with van der Waals surface area (Å²) in [6.07, 6.45) is 1.03. The summed E-state index contributed by atoms with van der Waals surface area (Å²) in [6, 6.07) is 4.61. The van der Waals surface area contributed by atoms with Gasteiger partial charge in [0, 0.05) is 12.6 Å². The lowest BCUT2D eigenvalue weighted by Gasteiger charge is -2.27. The quantitative estimate of drug-likeness (QED) is 0.817. The first kappa shape index (κ1) is 17.4. The molecular formula is C15H23NO4S2. The van der Waals surface area contributed by atoms with Gasteiger partial charge in [0.25, 0.3) is 0 Å². The van der Waals surface area contributed by atoms with Crippen LogP contribution in [-0.2, 0) is 19.9 Å². The average molecular weight is 345 g/mol. The summed E-state index contributed by atoms with van der Waals surface area (Å²) >= 11 is 0. The minimum Gasteiger partial charge on any atom is -0.229 e. The van der Waals surface area contributed by atoms with E-state index in [1.165, 1.54) is 4.31 Å². The van der Waals surface area contributed by atoms with E-state index >= 15 is 0 Å².